The second kappa shape index (κ2) is 6.55. The summed E-state index contributed by atoms with van der Waals surface area (Å²) in [5, 5.41) is 11.0. The van der Waals surface area contributed by atoms with Gasteiger partial charge in [-0.2, -0.15) is 0 Å². The average molecular weight is 145 g/mol. The molecule has 2 N–H and O–H groups in total. The monoisotopic (exact) mass is 145 g/mol. The van der Waals surface area contributed by atoms with Crippen molar-refractivity contribution in [3.05, 3.63) is 0 Å². The van der Waals surface area contributed by atoms with Crippen LogP contribution in [0.4, 0.5) is 0 Å². The second-order valence-corrected chi connectivity index (χ2v) is 2.28. The van der Waals surface area contributed by atoms with Gasteiger partial charge in [-0.05, 0) is 13.0 Å². The van der Waals surface area contributed by atoms with Gasteiger partial charge in [-0.15, -0.1) is 0 Å². The highest BCUT2D eigenvalue weighted by Crippen LogP contribution is 1.90. The van der Waals surface area contributed by atoms with Crippen molar-refractivity contribution in [2.45, 2.75) is 26.2 Å². The number of hydrogen-bond donors (Lipinski definition) is 2. The molecule has 0 saturated heterocycles. The van der Waals surface area contributed by atoms with Crippen molar-refractivity contribution < 1.29 is 9.90 Å². The van der Waals surface area contributed by atoms with Crippen molar-refractivity contribution in [3.63, 3.8) is 0 Å². The zero-order chi connectivity index (χ0) is 7.82. The van der Waals surface area contributed by atoms with E-state index >= 15 is 0 Å². The fraction of sp³-hybridized carbons (Fsp3) is 0.857. The topological polar surface area (TPSA) is 49.3 Å². The number of rotatable bonds is 6. The Morgan fingerprint density at radius 1 is 1.50 bits per heavy atom. The van der Waals surface area contributed by atoms with Gasteiger partial charge in [0.05, 0.1) is 6.54 Å². The summed E-state index contributed by atoms with van der Waals surface area (Å²) >= 11 is 0. The van der Waals surface area contributed by atoms with E-state index in [1.165, 1.54) is 12.8 Å². The van der Waals surface area contributed by atoms with Gasteiger partial charge in [0.2, 0.25) is 0 Å². The van der Waals surface area contributed by atoms with Gasteiger partial charge in [-0.3, -0.25) is 4.79 Å². The van der Waals surface area contributed by atoms with Gasteiger partial charge in [0.25, 0.3) is 0 Å². The van der Waals surface area contributed by atoms with E-state index in [-0.39, 0.29) is 6.54 Å². The quantitative estimate of drug-likeness (QED) is 0.545. The molecule has 0 amide bonds. The van der Waals surface area contributed by atoms with Crippen molar-refractivity contribution in [2.75, 3.05) is 13.1 Å². The number of nitrogens with one attached hydrogen (secondary N) is 1. The van der Waals surface area contributed by atoms with E-state index in [0.717, 1.165) is 13.0 Å². The molecule has 0 aliphatic heterocycles. The maximum absolute atomic E-state index is 9.97. The summed E-state index contributed by atoms with van der Waals surface area (Å²) in [6, 6.07) is 0. The number of carboxylic acid groups (broad SMARTS) is 1. The Bertz CT molecular complexity index is 93.6. The number of carbonyl (C=O) groups is 1. The van der Waals surface area contributed by atoms with Crippen LogP contribution < -0.4 is 5.32 Å². The first-order valence-corrected chi connectivity index (χ1v) is 3.70. The SMILES string of the molecule is CCCCCNCC(=O)O. The Kier molecular flexibility index (Phi) is 6.18. The van der Waals surface area contributed by atoms with Crippen molar-refractivity contribution in [1.82, 2.24) is 5.32 Å². The van der Waals surface area contributed by atoms with Gasteiger partial charge < -0.3 is 10.4 Å². The lowest BCUT2D eigenvalue weighted by molar-refractivity contribution is -0.135. The van der Waals surface area contributed by atoms with E-state index < -0.39 is 5.97 Å². The molecule has 0 rings (SSSR count). The zero-order valence-electron chi connectivity index (χ0n) is 6.39. The largest absolute Gasteiger partial charge is 0.480 e. The molecule has 3 heteroatoms. The molecule has 60 valence electrons. The van der Waals surface area contributed by atoms with Gasteiger partial charge in [0.1, 0.15) is 0 Å². The third-order valence-electron chi connectivity index (χ3n) is 1.23. The zero-order valence-corrected chi connectivity index (χ0v) is 6.39. The van der Waals surface area contributed by atoms with Crippen molar-refractivity contribution in [1.29, 1.82) is 0 Å². The highest BCUT2D eigenvalue weighted by atomic mass is 16.4. The molecule has 0 fully saturated rings. The van der Waals surface area contributed by atoms with E-state index in [9.17, 15) is 4.79 Å². The smallest absolute Gasteiger partial charge is 0.317 e. The fourth-order valence-corrected chi connectivity index (χ4v) is 0.695. The van der Waals surface area contributed by atoms with E-state index in [2.05, 4.69) is 12.2 Å². The first-order valence-electron chi connectivity index (χ1n) is 3.70. The van der Waals surface area contributed by atoms with Crippen molar-refractivity contribution >= 4 is 5.97 Å². The normalized spacial score (nSPS) is 9.70. The molecule has 0 aromatic heterocycles. The molecule has 0 saturated carbocycles. The minimum atomic E-state index is -0.781. The highest BCUT2D eigenvalue weighted by Gasteiger charge is 1.92. The second-order valence-electron chi connectivity index (χ2n) is 2.28. The van der Waals surface area contributed by atoms with Crippen LogP contribution in [-0.4, -0.2) is 24.2 Å². The summed E-state index contributed by atoms with van der Waals surface area (Å²) in [7, 11) is 0. The maximum atomic E-state index is 9.97. The summed E-state index contributed by atoms with van der Waals surface area (Å²) in [5.41, 5.74) is 0. The number of hydrogen-bond acceptors (Lipinski definition) is 2. The van der Waals surface area contributed by atoms with Gasteiger partial charge in [0, 0.05) is 0 Å². The van der Waals surface area contributed by atoms with Crippen LogP contribution in [0.5, 0.6) is 0 Å². The Labute approximate surface area is 61.4 Å². The number of aliphatic carboxylic acids is 1. The Balaban J connectivity index is 2.84. The summed E-state index contributed by atoms with van der Waals surface area (Å²) in [6.07, 6.45) is 3.42. The van der Waals surface area contributed by atoms with E-state index in [4.69, 9.17) is 5.11 Å². The fourth-order valence-electron chi connectivity index (χ4n) is 0.695. The highest BCUT2D eigenvalue weighted by molar-refractivity contribution is 5.68. The molecule has 0 aromatic rings. The summed E-state index contributed by atoms with van der Waals surface area (Å²) in [4.78, 5) is 9.97. The summed E-state index contributed by atoms with van der Waals surface area (Å²) < 4.78 is 0. The molecule has 0 bridgehead atoms. The van der Waals surface area contributed by atoms with Crippen LogP contribution in [0.2, 0.25) is 0 Å². The molecule has 3 nitrogen and oxygen atoms in total. The number of unbranched alkanes of at least 4 members (excludes halogenated alkanes) is 2. The van der Waals surface area contributed by atoms with Crippen LogP contribution in [0.25, 0.3) is 0 Å². The van der Waals surface area contributed by atoms with Crippen LogP contribution in [0.1, 0.15) is 26.2 Å². The van der Waals surface area contributed by atoms with Gasteiger partial charge >= 0.3 is 5.97 Å². The predicted octanol–water partition coefficient (Wildman–Crippen LogP) is 0.851. The molecule has 0 radical (unpaired) electrons. The molecular formula is C7H15NO2. The molecule has 0 aliphatic carbocycles. The molecule has 0 unspecified atom stereocenters. The first-order chi connectivity index (χ1) is 4.77. The minimum absolute atomic E-state index is 0.0870. The third kappa shape index (κ3) is 7.43. The van der Waals surface area contributed by atoms with Crippen molar-refractivity contribution in [2.24, 2.45) is 0 Å². The van der Waals surface area contributed by atoms with Gasteiger partial charge in [-0.25, -0.2) is 0 Å². The van der Waals surface area contributed by atoms with Crippen LogP contribution in [-0.2, 0) is 4.79 Å². The molecule has 0 spiro atoms. The van der Waals surface area contributed by atoms with Crippen LogP contribution in [0, 0.1) is 0 Å². The molecular weight excluding hydrogens is 130 g/mol. The Morgan fingerprint density at radius 3 is 2.70 bits per heavy atom. The van der Waals surface area contributed by atoms with Crippen molar-refractivity contribution in [3.8, 4) is 0 Å². The maximum Gasteiger partial charge on any atom is 0.317 e. The van der Waals surface area contributed by atoms with E-state index in [1.807, 2.05) is 0 Å². The van der Waals surface area contributed by atoms with E-state index in [0.29, 0.717) is 0 Å². The Morgan fingerprint density at radius 2 is 2.20 bits per heavy atom. The summed E-state index contributed by atoms with van der Waals surface area (Å²) in [6.45, 7) is 3.03. The summed E-state index contributed by atoms with van der Waals surface area (Å²) in [5.74, 6) is -0.781. The van der Waals surface area contributed by atoms with E-state index in [1.54, 1.807) is 0 Å². The number of carboxylic acids is 1. The lowest BCUT2D eigenvalue weighted by Crippen LogP contribution is -2.23. The first kappa shape index (κ1) is 9.43. The predicted molar refractivity (Wildman–Crippen MR) is 40.0 cm³/mol. The lowest BCUT2D eigenvalue weighted by Gasteiger charge is -1.98. The molecule has 0 aromatic carbocycles. The molecule has 0 atom stereocenters. The van der Waals surface area contributed by atoms with Crippen LogP contribution >= 0.6 is 0 Å². The van der Waals surface area contributed by atoms with Crippen LogP contribution in [0.3, 0.4) is 0 Å². The standard InChI is InChI=1S/C7H15NO2/c1-2-3-4-5-8-6-7(9)10/h8H,2-6H2,1H3,(H,9,10). The van der Waals surface area contributed by atoms with Gasteiger partial charge in [-0.1, -0.05) is 19.8 Å². The Hall–Kier alpha value is -0.570. The van der Waals surface area contributed by atoms with Crippen LogP contribution in [0.15, 0.2) is 0 Å². The molecule has 0 heterocycles. The minimum Gasteiger partial charge on any atom is -0.480 e. The average Bonchev–Trinajstić information content (AvgIpc) is 1.87. The molecule has 0 aliphatic rings. The lowest BCUT2D eigenvalue weighted by atomic mass is 10.2. The third-order valence-corrected chi connectivity index (χ3v) is 1.23. The molecule has 10 heavy (non-hydrogen) atoms. The van der Waals surface area contributed by atoms with Gasteiger partial charge in [0.15, 0.2) is 0 Å².